The van der Waals surface area contributed by atoms with Gasteiger partial charge in [-0.2, -0.15) is 0 Å². The lowest BCUT2D eigenvalue weighted by Gasteiger charge is -2.16. The molecule has 0 spiro atoms. The van der Waals surface area contributed by atoms with Gasteiger partial charge in [-0.3, -0.25) is 0 Å². The normalized spacial score (nSPS) is 12.3. The third-order valence-electron chi connectivity index (χ3n) is 10.2. The van der Waals surface area contributed by atoms with Gasteiger partial charge in [-0.15, -0.1) is 0 Å². The summed E-state index contributed by atoms with van der Waals surface area (Å²) in [6, 6.07) is 58.3. The van der Waals surface area contributed by atoms with E-state index in [0.29, 0.717) is 0 Å². The SMILES string of the molecule is c1ccc(-n2c3ccc4ccc5cccc6c5c4c3c3c(cccc32)n6-c2ccc3c4ccccc4c4ccccc4c3c2)cc1. The van der Waals surface area contributed by atoms with Crippen LogP contribution in [0.15, 0.2) is 158 Å². The number of benzene rings is 9. The molecule has 0 aliphatic rings. The van der Waals surface area contributed by atoms with Crippen LogP contribution in [0.3, 0.4) is 0 Å². The molecule has 0 aliphatic carbocycles. The van der Waals surface area contributed by atoms with Crippen molar-refractivity contribution >= 4 is 86.7 Å². The van der Waals surface area contributed by atoms with E-state index in [0.717, 1.165) is 0 Å². The van der Waals surface area contributed by atoms with Crippen LogP contribution in [-0.4, -0.2) is 9.13 Å². The lowest BCUT2D eigenvalue weighted by Crippen LogP contribution is -1.99. The van der Waals surface area contributed by atoms with Crippen LogP contribution in [0.25, 0.3) is 98.1 Å². The van der Waals surface area contributed by atoms with E-state index in [2.05, 4.69) is 167 Å². The third-order valence-corrected chi connectivity index (χ3v) is 10.2. The first kappa shape index (κ1) is 24.2. The van der Waals surface area contributed by atoms with Gasteiger partial charge in [0.2, 0.25) is 0 Å². The second kappa shape index (κ2) is 8.74. The van der Waals surface area contributed by atoms with Crippen molar-refractivity contribution in [2.45, 2.75) is 0 Å². The van der Waals surface area contributed by atoms with Crippen LogP contribution in [0.4, 0.5) is 0 Å². The summed E-state index contributed by atoms with van der Waals surface area (Å²) in [7, 11) is 0. The van der Waals surface area contributed by atoms with Crippen LogP contribution in [0, 0.1) is 0 Å². The number of fused-ring (bicyclic) bond motifs is 6. The molecule has 0 saturated heterocycles. The van der Waals surface area contributed by atoms with Gasteiger partial charge in [0.05, 0.1) is 22.1 Å². The standard InChI is InChI=1S/C44H26N2/c1-2-11-29(12-3-1)45-38-18-9-19-39-43(38)44-40(45)25-22-28-21-20-27-10-8-17-37(41(27)42(28)44)46(39)30-23-24-35-33-15-5-4-13-31(33)32-14-6-7-16-34(32)36(35)26-30/h1-26H. The lowest BCUT2D eigenvalue weighted by atomic mass is 9.94. The van der Waals surface area contributed by atoms with Crippen molar-refractivity contribution in [2.75, 3.05) is 0 Å². The largest absolute Gasteiger partial charge is 0.309 e. The van der Waals surface area contributed by atoms with Gasteiger partial charge in [0, 0.05) is 32.9 Å². The van der Waals surface area contributed by atoms with Gasteiger partial charge in [0.15, 0.2) is 0 Å². The smallest absolute Gasteiger partial charge is 0.0562 e. The maximum absolute atomic E-state index is 2.52. The Balaban J connectivity index is 1.39. The molecular formula is C44H26N2. The van der Waals surface area contributed by atoms with E-state index >= 15 is 0 Å². The predicted octanol–water partition coefficient (Wildman–Crippen LogP) is 11.9. The molecule has 11 aromatic rings. The average molecular weight is 583 g/mol. The zero-order chi connectivity index (χ0) is 29.9. The fourth-order valence-corrected chi connectivity index (χ4v) is 8.37. The number of rotatable bonds is 2. The van der Waals surface area contributed by atoms with Gasteiger partial charge in [0.25, 0.3) is 0 Å². The second-order valence-electron chi connectivity index (χ2n) is 12.5. The van der Waals surface area contributed by atoms with E-state index in [1.165, 1.54) is 98.1 Å². The summed E-state index contributed by atoms with van der Waals surface area (Å²) in [6.45, 7) is 0. The van der Waals surface area contributed by atoms with Crippen LogP contribution >= 0.6 is 0 Å². The van der Waals surface area contributed by atoms with Gasteiger partial charge in [0.1, 0.15) is 0 Å². The Hall–Kier alpha value is -6.12. The maximum atomic E-state index is 2.52. The molecule has 0 N–H and O–H groups in total. The zero-order valence-corrected chi connectivity index (χ0v) is 24.9. The molecule has 0 unspecified atom stereocenters. The van der Waals surface area contributed by atoms with Gasteiger partial charge < -0.3 is 9.13 Å². The van der Waals surface area contributed by atoms with Crippen LogP contribution in [0.1, 0.15) is 0 Å². The fraction of sp³-hybridized carbons (Fsp3) is 0. The van der Waals surface area contributed by atoms with E-state index in [1.807, 2.05) is 0 Å². The number of nitrogens with zero attached hydrogens (tertiary/aromatic N) is 2. The Kier molecular flexibility index (Phi) is 4.61. The highest BCUT2D eigenvalue weighted by Crippen LogP contribution is 2.45. The number of hydrogen-bond donors (Lipinski definition) is 0. The van der Waals surface area contributed by atoms with Crippen molar-refractivity contribution < 1.29 is 0 Å². The summed E-state index contributed by atoms with van der Waals surface area (Å²) in [5.41, 5.74) is 7.22. The number of para-hydroxylation sites is 1. The number of aromatic nitrogens is 2. The monoisotopic (exact) mass is 582 g/mol. The molecule has 0 saturated carbocycles. The van der Waals surface area contributed by atoms with E-state index in [1.54, 1.807) is 0 Å². The first-order valence-corrected chi connectivity index (χ1v) is 16.0. The molecule has 0 aliphatic heterocycles. The predicted molar refractivity (Wildman–Crippen MR) is 196 cm³/mol. The first-order chi connectivity index (χ1) is 22.8. The first-order valence-electron chi connectivity index (χ1n) is 16.0. The second-order valence-corrected chi connectivity index (χ2v) is 12.5. The highest BCUT2D eigenvalue weighted by Gasteiger charge is 2.22. The Morgan fingerprint density at radius 1 is 0.261 bits per heavy atom. The quantitative estimate of drug-likeness (QED) is 0.179. The van der Waals surface area contributed by atoms with Crippen LogP contribution in [-0.2, 0) is 0 Å². The lowest BCUT2D eigenvalue weighted by molar-refractivity contribution is 1.17. The van der Waals surface area contributed by atoms with E-state index in [9.17, 15) is 0 Å². The maximum Gasteiger partial charge on any atom is 0.0562 e. The van der Waals surface area contributed by atoms with E-state index in [4.69, 9.17) is 0 Å². The zero-order valence-electron chi connectivity index (χ0n) is 24.9. The van der Waals surface area contributed by atoms with E-state index in [-0.39, 0.29) is 0 Å². The molecule has 0 fully saturated rings. The summed E-state index contributed by atoms with van der Waals surface area (Å²) >= 11 is 0. The molecule has 212 valence electrons. The molecule has 0 bridgehead atoms. The average Bonchev–Trinajstić information content (AvgIpc) is 3.40. The van der Waals surface area contributed by atoms with E-state index < -0.39 is 0 Å². The molecular weight excluding hydrogens is 556 g/mol. The molecule has 46 heavy (non-hydrogen) atoms. The molecule has 9 aromatic carbocycles. The summed E-state index contributed by atoms with van der Waals surface area (Å²) in [6.07, 6.45) is 0. The minimum atomic E-state index is 1.17. The van der Waals surface area contributed by atoms with Crippen LogP contribution in [0.2, 0.25) is 0 Å². The molecule has 2 aromatic heterocycles. The molecule has 11 rings (SSSR count). The molecule has 0 amide bonds. The van der Waals surface area contributed by atoms with Gasteiger partial charge in [-0.1, -0.05) is 109 Å². The molecule has 2 heteroatoms. The van der Waals surface area contributed by atoms with Crippen molar-refractivity contribution in [1.82, 2.24) is 9.13 Å². The minimum Gasteiger partial charge on any atom is -0.309 e. The highest BCUT2D eigenvalue weighted by molar-refractivity contribution is 6.34. The molecule has 2 nitrogen and oxygen atoms in total. The number of hydrogen-bond acceptors (Lipinski definition) is 0. The van der Waals surface area contributed by atoms with Crippen molar-refractivity contribution in [3.05, 3.63) is 158 Å². The highest BCUT2D eigenvalue weighted by atomic mass is 15.0. The Morgan fingerprint density at radius 3 is 1.46 bits per heavy atom. The van der Waals surface area contributed by atoms with Crippen molar-refractivity contribution in [3.63, 3.8) is 0 Å². The van der Waals surface area contributed by atoms with Crippen molar-refractivity contribution in [2.24, 2.45) is 0 Å². The molecule has 0 radical (unpaired) electrons. The summed E-state index contributed by atoms with van der Waals surface area (Å²) in [5.74, 6) is 0. The Morgan fingerprint density at radius 2 is 0.761 bits per heavy atom. The topological polar surface area (TPSA) is 9.86 Å². The Labute approximate surface area is 264 Å². The fourth-order valence-electron chi connectivity index (χ4n) is 8.37. The summed E-state index contributed by atoms with van der Waals surface area (Å²) < 4.78 is 4.96. The Bertz CT molecular complexity index is 2980. The van der Waals surface area contributed by atoms with Gasteiger partial charge in [-0.05, 0) is 91.6 Å². The van der Waals surface area contributed by atoms with Gasteiger partial charge >= 0.3 is 0 Å². The minimum absolute atomic E-state index is 1.17. The molecule has 0 atom stereocenters. The van der Waals surface area contributed by atoms with Crippen LogP contribution in [0.5, 0.6) is 0 Å². The van der Waals surface area contributed by atoms with Crippen molar-refractivity contribution in [1.29, 1.82) is 0 Å². The molecule has 2 heterocycles. The van der Waals surface area contributed by atoms with Crippen LogP contribution < -0.4 is 0 Å². The van der Waals surface area contributed by atoms with Gasteiger partial charge in [-0.25, -0.2) is 0 Å². The summed E-state index contributed by atoms with van der Waals surface area (Å²) in [5, 5.41) is 15.5. The van der Waals surface area contributed by atoms with Crippen molar-refractivity contribution in [3.8, 4) is 11.4 Å². The summed E-state index contributed by atoms with van der Waals surface area (Å²) in [4.78, 5) is 0. The third kappa shape index (κ3) is 3.01.